The van der Waals surface area contributed by atoms with E-state index in [0.717, 1.165) is 49.2 Å². The molecule has 2 aromatic rings. The van der Waals surface area contributed by atoms with E-state index in [9.17, 15) is 9.59 Å². The van der Waals surface area contributed by atoms with Gasteiger partial charge in [-0.1, -0.05) is 32.0 Å². The molecule has 4 rings (SSSR count). The second-order valence-electron chi connectivity index (χ2n) is 9.75. The van der Waals surface area contributed by atoms with Gasteiger partial charge in [0.2, 0.25) is 5.91 Å². The van der Waals surface area contributed by atoms with Gasteiger partial charge in [0.05, 0.1) is 25.2 Å². The Balaban J connectivity index is 1.70. The Hall–Kier alpha value is -3.06. The van der Waals surface area contributed by atoms with Crippen molar-refractivity contribution in [3.63, 3.8) is 0 Å². The summed E-state index contributed by atoms with van der Waals surface area (Å²) in [5.74, 6) is 0.824. The summed E-state index contributed by atoms with van der Waals surface area (Å²) in [5.41, 5.74) is 3.50. The Morgan fingerprint density at radius 1 is 0.973 bits per heavy atom. The average molecular weight is 508 g/mol. The van der Waals surface area contributed by atoms with Crippen molar-refractivity contribution >= 4 is 11.8 Å². The number of hydrogen-bond donors (Lipinski definition) is 1. The largest absolute Gasteiger partial charge is 0.490 e. The highest BCUT2D eigenvalue weighted by atomic mass is 16.5. The summed E-state index contributed by atoms with van der Waals surface area (Å²) in [6.45, 7) is 13.3. The van der Waals surface area contributed by atoms with Crippen molar-refractivity contribution in [3.05, 3.63) is 58.7 Å². The van der Waals surface area contributed by atoms with E-state index in [1.54, 1.807) is 0 Å². The summed E-state index contributed by atoms with van der Waals surface area (Å²) in [5, 5.41) is 3.22. The number of benzene rings is 2. The maximum Gasteiger partial charge on any atom is 0.254 e. The normalized spacial score (nSPS) is 18.2. The Labute approximate surface area is 221 Å². The highest BCUT2D eigenvalue weighted by molar-refractivity contribution is 6.01. The van der Waals surface area contributed by atoms with Gasteiger partial charge in [-0.05, 0) is 81.1 Å². The van der Waals surface area contributed by atoms with Crippen LogP contribution in [-0.2, 0) is 11.2 Å². The van der Waals surface area contributed by atoms with Gasteiger partial charge < -0.3 is 24.6 Å². The highest BCUT2D eigenvalue weighted by Crippen LogP contribution is 2.48. The Morgan fingerprint density at radius 2 is 1.65 bits per heavy atom. The molecule has 0 spiro atoms. The monoisotopic (exact) mass is 507 g/mol. The Bertz CT molecular complexity index is 1100. The summed E-state index contributed by atoms with van der Waals surface area (Å²) in [4.78, 5) is 31.7. The molecular weight excluding hydrogens is 466 g/mol. The number of carbonyl (C=O) groups is 2. The van der Waals surface area contributed by atoms with Crippen LogP contribution in [-0.4, -0.2) is 67.6 Å². The van der Waals surface area contributed by atoms with Gasteiger partial charge in [-0.15, -0.1) is 0 Å². The van der Waals surface area contributed by atoms with E-state index in [4.69, 9.17) is 9.47 Å². The standard InChI is InChI=1S/C30H41N3O4/c1-5-15-32(16-6-2)18-14-31-29(34)27-22-11-9-10-12-23(22)30(35)33-17-13-21-19-25(36-7-3)26(37-8-4)20-24(21)28(27)33/h9-12,19-20,27-28H,5-8,13-18H2,1-4H3,(H,31,34)/t27-,28-/m1/s1. The fraction of sp³-hybridized carbons (Fsp3) is 0.533. The molecule has 0 radical (unpaired) electrons. The van der Waals surface area contributed by atoms with Crippen LogP contribution in [0.25, 0.3) is 0 Å². The third-order valence-corrected chi connectivity index (χ3v) is 7.27. The van der Waals surface area contributed by atoms with E-state index >= 15 is 0 Å². The lowest BCUT2D eigenvalue weighted by molar-refractivity contribution is -0.124. The fourth-order valence-electron chi connectivity index (χ4n) is 5.77. The Kier molecular flexibility index (Phi) is 9.09. The first kappa shape index (κ1) is 27.0. The predicted molar refractivity (Wildman–Crippen MR) is 145 cm³/mol. The number of fused-ring (bicyclic) bond motifs is 4. The van der Waals surface area contributed by atoms with Crippen molar-refractivity contribution in [1.29, 1.82) is 0 Å². The second kappa shape index (κ2) is 12.5. The maximum atomic E-state index is 13.9. The van der Waals surface area contributed by atoms with E-state index in [1.165, 1.54) is 0 Å². The van der Waals surface area contributed by atoms with Gasteiger partial charge in [-0.3, -0.25) is 9.59 Å². The molecule has 7 nitrogen and oxygen atoms in total. The molecule has 0 aliphatic carbocycles. The third kappa shape index (κ3) is 5.61. The number of ether oxygens (including phenoxy) is 2. The van der Waals surface area contributed by atoms with E-state index in [1.807, 2.05) is 55.1 Å². The molecular formula is C30H41N3O4. The molecule has 2 aliphatic heterocycles. The lowest BCUT2D eigenvalue weighted by Gasteiger charge is -2.45. The molecule has 2 aliphatic rings. The van der Waals surface area contributed by atoms with Crippen LogP contribution in [0.4, 0.5) is 0 Å². The van der Waals surface area contributed by atoms with Crippen molar-refractivity contribution in [1.82, 2.24) is 15.1 Å². The van der Waals surface area contributed by atoms with E-state index in [0.29, 0.717) is 49.8 Å². The summed E-state index contributed by atoms with van der Waals surface area (Å²) < 4.78 is 11.8. The smallest absolute Gasteiger partial charge is 0.254 e. The fourth-order valence-corrected chi connectivity index (χ4v) is 5.77. The molecule has 0 aromatic heterocycles. The minimum absolute atomic E-state index is 0.0146. The first-order valence-electron chi connectivity index (χ1n) is 13.9. The second-order valence-corrected chi connectivity index (χ2v) is 9.75. The number of amides is 2. The molecule has 2 atom stereocenters. The van der Waals surface area contributed by atoms with Crippen LogP contribution in [0.5, 0.6) is 11.5 Å². The molecule has 2 aromatic carbocycles. The molecule has 37 heavy (non-hydrogen) atoms. The molecule has 1 N–H and O–H groups in total. The van der Waals surface area contributed by atoms with Crippen LogP contribution in [0.3, 0.4) is 0 Å². The highest BCUT2D eigenvalue weighted by Gasteiger charge is 2.46. The third-order valence-electron chi connectivity index (χ3n) is 7.27. The van der Waals surface area contributed by atoms with Crippen molar-refractivity contribution in [2.75, 3.05) is 45.9 Å². The van der Waals surface area contributed by atoms with Crippen LogP contribution in [0, 0.1) is 0 Å². The van der Waals surface area contributed by atoms with Crippen molar-refractivity contribution in [3.8, 4) is 11.5 Å². The van der Waals surface area contributed by atoms with Gasteiger partial charge in [0.15, 0.2) is 11.5 Å². The van der Waals surface area contributed by atoms with Crippen LogP contribution in [0.15, 0.2) is 36.4 Å². The van der Waals surface area contributed by atoms with Crippen LogP contribution in [0.1, 0.15) is 79.5 Å². The van der Waals surface area contributed by atoms with E-state index < -0.39 is 5.92 Å². The molecule has 0 saturated carbocycles. The summed E-state index contributed by atoms with van der Waals surface area (Å²) in [6, 6.07) is 11.2. The first-order valence-corrected chi connectivity index (χ1v) is 13.9. The predicted octanol–water partition coefficient (Wildman–Crippen LogP) is 4.56. The number of hydrogen-bond acceptors (Lipinski definition) is 5. The number of carbonyl (C=O) groups excluding carboxylic acids is 2. The summed E-state index contributed by atoms with van der Waals surface area (Å²) in [6.07, 6.45) is 2.89. The van der Waals surface area contributed by atoms with Gasteiger partial charge in [-0.2, -0.15) is 0 Å². The minimum Gasteiger partial charge on any atom is -0.490 e. The summed E-state index contributed by atoms with van der Waals surface area (Å²) >= 11 is 0. The van der Waals surface area contributed by atoms with Crippen LogP contribution in [0.2, 0.25) is 0 Å². The van der Waals surface area contributed by atoms with Crippen molar-refractivity contribution in [2.45, 2.75) is 58.9 Å². The molecule has 0 unspecified atom stereocenters. The van der Waals surface area contributed by atoms with Gasteiger partial charge in [0, 0.05) is 25.2 Å². The van der Waals surface area contributed by atoms with Crippen molar-refractivity contribution in [2.24, 2.45) is 0 Å². The molecule has 0 saturated heterocycles. The van der Waals surface area contributed by atoms with E-state index in [2.05, 4.69) is 24.1 Å². The lowest BCUT2D eigenvalue weighted by Crippen LogP contribution is -2.50. The SMILES string of the molecule is CCCN(CCC)CCNC(=O)[C@@H]1c2ccccc2C(=O)N2CCc3cc(OCC)c(OCC)cc3[C@H]12. The molecule has 0 fully saturated rings. The van der Waals surface area contributed by atoms with Crippen LogP contribution >= 0.6 is 0 Å². The van der Waals surface area contributed by atoms with Gasteiger partial charge in [0.1, 0.15) is 0 Å². The average Bonchev–Trinajstić information content (AvgIpc) is 2.90. The quantitative estimate of drug-likeness (QED) is 0.456. The zero-order valence-electron chi connectivity index (χ0n) is 22.7. The maximum absolute atomic E-state index is 13.9. The van der Waals surface area contributed by atoms with Crippen LogP contribution < -0.4 is 14.8 Å². The van der Waals surface area contributed by atoms with Gasteiger partial charge >= 0.3 is 0 Å². The zero-order chi connectivity index (χ0) is 26.4. The zero-order valence-corrected chi connectivity index (χ0v) is 22.7. The number of nitrogens with zero attached hydrogens (tertiary/aromatic N) is 2. The van der Waals surface area contributed by atoms with Gasteiger partial charge in [0.25, 0.3) is 5.91 Å². The number of nitrogens with one attached hydrogen (secondary N) is 1. The lowest BCUT2D eigenvalue weighted by atomic mass is 9.75. The molecule has 0 bridgehead atoms. The first-order chi connectivity index (χ1) is 18.0. The van der Waals surface area contributed by atoms with E-state index in [-0.39, 0.29) is 17.9 Å². The molecule has 2 amide bonds. The topological polar surface area (TPSA) is 71.1 Å². The van der Waals surface area contributed by atoms with Gasteiger partial charge in [-0.25, -0.2) is 0 Å². The molecule has 2 heterocycles. The van der Waals surface area contributed by atoms with Crippen molar-refractivity contribution < 1.29 is 19.1 Å². The molecule has 7 heteroatoms. The number of rotatable bonds is 12. The Morgan fingerprint density at radius 3 is 2.32 bits per heavy atom. The molecule has 200 valence electrons. The summed E-state index contributed by atoms with van der Waals surface area (Å²) in [7, 11) is 0. The minimum atomic E-state index is -0.494.